The quantitative estimate of drug-likeness (QED) is 0.670. The summed E-state index contributed by atoms with van der Waals surface area (Å²) in [6, 6.07) is 0. The lowest BCUT2D eigenvalue weighted by Crippen LogP contribution is -2.37. The van der Waals surface area contributed by atoms with Gasteiger partial charge in [0.05, 0.1) is 12.7 Å². The zero-order valence-corrected chi connectivity index (χ0v) is 11.7. The first-order valence-corrected chi connectivity index (χ1v) is 7.59. The van der Waals surface area contributed by atoms with Crippen molar-refractivity contribution in [3.05, 3.63) is 12.3 Å². The van der Waals surface area contributed by atoms with E-state index in [2.05, 4.69) is 0 Å². The SMILES string of the molecule is O=C1C=COC2(CCCCC2)C1.O=C1CCCCC1. The lowest BCUT2D eigenvalue weighted by atomic mass is 9.80. The van der Waals surface area contributed by atoms with Crippen molar-refractivity contribution in [2.24, 2.45) is 0 Å². The lowest BCUT2D eigenvalue weighted by Gasteiger charge is -2.37. The Morgan fingerprint density at radius 1 is 0.895 bits per heavy atom. The molecular formula is C16H24O3. The molecule has 19 heavy (non-hydrogen) atoms. The number of hydrogen-bond acceptors (Lipinski definition) is 3. The van der Waals surface area contributed by atoms with E-state index in [0.717, 1.165) is 38.5 Å². The molecule has 3 nitrogen and oxygen atoms in total. The van der Waals surface area contributed by atoms with Gasteiger partial charge in [0.25, 0.3) is 0 Å². The Balaban J connectivity index is 0.000000163. The summed E-state index contributed by atoms with van der Waals surface area (Å²) < 4.78 is 5.58. The van der Waals surface area contributed by atoms with Crippen LogP contribution in [0.5, 0.6) is 0 Å². The highest BCUT2D eigenvalue weighted by Crippen LogP contribution is 2.36. The molecule has 2 fully saturated rings. The van der Waals surface area contributed by atoms with E-state index in [0.29, 0.717) is 12.2 Å². The molecule has 0 radical (unpaired) electrons. The third kappa shape index (κ3) is 4.48. The second kappa shape index (κ2) is 6.88. The molecule has 3 rings (SSSR count). The van der Waals surface area contributed by atoms with E-state index in [-0.39, 0.29) is 11.4 Å². The maximum absolute atomic E-state index is 11.2. The molecular weight excluding hydrogens is 240 g/mol. The molecule has 1 spiro atoms. The molecule has 1 aliphatic heterocycles. The minimum Gasteiger partial charge on any atom is -0.494 e. The lowest BCUT2D eigenvalue weighted by molar-refractivity contribution is -0.124. The van der Waals surface area contributed by atoms with E-state index in [1.807, 2.05) is 0 Å². The summed E-state index contributed by atoms with van der Waals surface area (Å²) in [7, 11) is 0. The van der Waals surface area contributed by atoms with Gasteiger partial charge < -0.3 is 4.74 Å². The molecule has 0 unspecified atom stereocenters. The molecule has 3 aliphatic rings. The van der Waals surface area contributed by atoms with E-state index >= 15 is 0 Å². The van der Waals surface area contributed by atoms with Gasteiger partial charge in [-0.15, -0.1) is 0 Å². The smallest absolute Gasteiger partial charge is 0.162 e. The van der Waals surface area contributed by atoms with E-state index in [1.165, 1.54) is 25.7 Å². The van der Waals surface area contributed by atoms with Gasteiger partial charge in [0.2, 0.25) is 0 Å². The highest BCUT2D eigenvalue weighted by Gasteiger charge is 2.36. The topological polar surface area (TPSA) is 43.4 Å². The minimum atomic E-state index is -0.107. The molecule has 0 aromatic rings. The number of allylic oxidation sites excluding steroid dienone is 1. The number of carbonyl (C=O) groups is 2. The molecule has 2 saturated carbocycles. The zero-order valence-electron chi connectivity index (χ0n) is 11.7. The first-order valence-electron chi connectivity index (χ1n) is 7.59. The Kier molecular flexibility index (Phi) is 5.17. The predicted molar refractivity (Wildman–Crippen MR) is 73.8 cm³/mol. The van der Waals surface area contributed by atoms with Crippen LogP contribution in [-0.2, 0) is 14.3 Å². The van der Waals surface area contributed by atoms with Gasteiger partial charge in [-0.25, -0.2) is 0 Å². The van der Waals surface area contributed by atoms with Gasteiger partial charge in [-0.05, 0) is 38.5 Å². The Hall–Kier alpha value is -1.12. The van der Waals surface area contributed by atoms with Crippen molar-refractivity contribution in [2.75, 3.05) is 0 Å². The fourth-order valence-electron chi connectivity index (χ4n) is 3.11. The zero-order chi connectivity index (χ0) is 13.6. The third-order valence-electron chi connectivity index (χ3n) is 4.24. The van der Waals surface area contributed by atoms with Crippen LogP contribution in [0.3, 0.4) is 0 Å². The summed E-state index contributed by atoms with van der Waals surface area (Å²) in [5, 5.41) is 0. The van der Waals surface area contributed by atoms with Crippen LogP contribution in [0.25, 0.3) is 0 Å². The van der Waals surface area contributed by atoms with Crippen LogP contribution >= 0.6 is 0 Å². The van der Waals surface area contributed by atoms with E-state index < -0.39 is 0 Å². The Morgan fingerprint density at radius 3 is 2.05 bits per heavy atom. The van der Waals surface area contributed by atoms with Crippen molar-refractivity contribution in [1.82, 2.24) is 0 Å². The summed E-state index contributed by atoms with van der Waals surface area (Å²) in [6.07, 6.45) is 14.8. The summed E-state index contributed by atoms with van der Waals surface area (Å²) in [4.78, 5) is 21.6. The fourth-order valence-corrected chi connectivity index (χ4v) is 3.11. The molecule has 0 bridgehead atoms. The van der Waals surface area contributed by atoms with Crippen molar-refractivity contribution in [3.63, 3.8) is 0 Å². The van der Waals surface area contributed by atoms with Gasteiger partial charge in [-0.2, -0.15) is 0 Å². The minimum absolute atomic E-state index is 0.107. The number of rotatable bonds is 0. The standard InChI is InChI=1S/C10H14O2.C6H10O/c11-9-4-7-12-10(8-9)5-2-1-3-6-10;7-6-4-2-1-3-5-6/h4,7H,1-3,5-6,8H2;1-5H2. The van der Waals surface area contributed by atoms with Crippen molar-refractivity contribution < 1.29 is 14.3 Å². The summed E-state index contributed by atoms with van der Waals surface area (Å²) in [6.45, 7) is 0. The van der Waals surface area contributed by atoms with Gasteiger partial charge in [-0.3, -0.25) is 9.59 Å². The second-order valence-corrected chi connectivity index (χ2v) is 5.91. The van der Waals surface area contributed by atoms with Crippen LogP contribution in [0.4, 0.5) is 0 Å². The van der Waals surface area contributed by atoms with Gasteiger partial charge >= 0.3 is 0 Å². The maximum atomic E-state index is 11.2. The van der Waals surface area contributed by atoms with Crippen LogP contribution in [0.15, 0.2) is 12.3 Å². The average Bonchev–Trinajstić information content (AvgIpc) is 2.41. The molecule has 0 atom stereocenters. The van der Waals surface area contributed by atoms with Crippen molar-refractivity contribution in [3.8, 4) is 0 Å². The van der Waals surface area contributed by atoms with E-state index in [1.54, 1.807) is 12.3 Å². The number of hydrogen-bond donors (Lipinski definition) is 0. The third-order valence-corrected chi connectivity index (χ3v) is 4.24. The predicted octanol–water partition coefficient (Wildman–Crippen LogP) is 3.71. The van der Waals surface area contributed by atoms with Gasteiger partial charge in [0.15, 0.2) is 5.78 Å². The molecule has 0 saturated heterocycles. The Labute approximate surface area is 115 Å². The number of ether oxygens (including phenoxy) is 1. The van der Waals surface area contributed by atoms with Gasteiger partial charge in [-0.1, -0.05) is 12.8 Å². The van der Waals surface area contributed by atoms with E-state index in [9.17, 15) is 9.59 Å². The van der Waals surface area contributed by atoms with Crippen LogP contribution in [0.2, 0.25) is 0 Å². The van der Waals surface area contributed by atoms with Crippen molar-refractivity contribution in [1.29, 1.82) is 0 Å². The highest BCUT2D eigenvalue weighted by atomic mass is 16.5. The largest absolute Gasteiger partial charge is 0.494 e. The van der Waals surface area contributed by atoms with Gasteiger partial charge in [0.1, 0.15) is 11.4 Å². The molecule has 1 heterocycles. The first-order chi connectivity index (χ1) is 9.20. The maximum Gasteiger partial charge on any atom is 0.162 e. The van der Waals surface area contributed by atoms with Crippen LogP contribution < -0.4 is 0 Å². The highest BCUT2D eigenvalue weighted by molar-refractivity contribution is 5.90. The van der Waals surface area contributed by atoms with Crippen LogP contribution in [-0.4, -0.2) is 17.2 Å². The molecule has 2 aliphatic carbocycles. The normalized spacial score (nSPS) is 25.5. The molecule has 0 aromatic carbocycles. The Bertz CT molecular complexity index is 343. The molecule has 106 valence electrons. The summed E-state index contributed by atoms with van der Waals surface area (Å²) in [5.74, 6) is 0.689. The fraction of sp³-hybridized carbons (Fsp3) is 0.750. The monoisotopic (exact) mass is 264 g/mol. The number of carbonyl (C=O) groups excluding carboxylic acids is 2. The number of Topliss-reactive ketones (excluding diaryl/α,β-unsaturated/α-hetero) is 1. The summed E-state index contributed by atoms with van der Waals surface area (Å²) >= 11 is 0. The first kappa shape index (κ1) is 14.3. The van der Waals surface area contributed by atoms with E-state index in [4.69, 9.17) is 4.74 Å². The molecule has 0 N–H and O–H groups in total. The van der Waals surface area contributed by atoms with Crippen molar-refractivity contribution in [2.45, 2.75) is 76.2 Å². The average molecular weight is 264 g/mol. The second-order valence-electron chi connectivity index (χ2n) is 5.91. The Morgan fingerprint density at radius 2 is 1.53 bits per heavy atom. The van der Waals surface area contributed by atoms with Crippen molar-refractivity contribution >= 4 is 11.6 Å². The summed E-state index contributed by atoms with van der Waals surface area (Å²) in [5.41, 5.74) is -0.107. The van der Waals surface area contributed by atoms with Gasteiger partial charge in [0, 0.05) is 18.9 Å². The van der Waals surface area contributed by atoms with Crippen LogP contribution in [0, 0.1) is 0 Å². The molecule has 3 heteroatoms. The molecule has 0 aromatic heterocycles. The van der Waals surface area contributed by atoms with Crippen LogP contribution in [0.1, 0.15) is 70.6 Å². The number of ketones is 2. The molecule has 0 amide bonds.